The number of carbonyl (C=O) groups is 3. The number of ketones is 1. The molecule has 0 aromatic carbocycles. The molecule has 0 bridgehead atoms. The molecule has 1 saturated heterocycles. The van der Waals surface area contributed by atoms with Crippen LogP contribution in [0, 0.1) is 34.5 Å². The van der Waals surface area contributed by atoms with E-state index in [0.717, 1.165) is 32.1 Å². The molecule has 1 aliphatic heterocycles. The van der Waals surface area contributed by atoms with Gasteiger partial charge in [0, 0.05) is 50.4 Å². The van der Waals surface area contributed by atoms with Gasteiger partial charge in [0.1, 0.15) is 18.0 Å². The van der Waals surface area contributed by atoms with Crippen LogP contribution < -0.4 is 0 Å². The van der Waals surface area contributed by atoms with E-state index in [1.165, 1.54) is 13.8 Å². The molecular weight excluding hydrogens is 412 g/mol. The fourth-order valence-corrected chi connectivity index (χ4v) is 8.56. The molecule has 32 heavy (non-hydrogen) atoms. The van der Waals surface area contributed by atoms with Gasteiger partial charge in [-0.05, 0) is 42.9 Å². The maximum absolute atomic E-state index is 12.5. The average Bonchev–Trinajstić information content (AvgIpc) is 3.31. The monoisotopic (exact) mass is 448 g/mol. The van der Waals surface area contributed by atoms with Crippen molar-refractivity contribution in [1.29, 1.82) is 0 Å². The van der Waals surface area contributed by atoms with Crippen LogP contribution in [0.3, 0.4) is 0 Å². The molecule has 0 aromatic heterocycles. The summed E-state index contributed by atoms with van der Waals surface area (Å²) < 4.78 is 24.4. The van der Waals surface area contributed by atoms with Gasteiger partial charge in [-0.15, -0.1) is 0 Å². The van der Waals surface area contributed by atoms with Crippen molar-refractivity contribution in [3.8, 4) is 0 Å². The van der Waals surface area contributed by atoms with Crippen molar-refractivity contribution in [3.05, 3.63) is 0 Å². The van der Waals surface area contributed by atoms with E-state index in [2.05, 4.69) is 13.8 Å². The van der Waals surface area contributed by atoms with Crippen molar-refractivity contribution >= 4 is 17.7 Å². The molecule has 7 nitrogen and oxygen atoms in total. The second kappa shape index (κ2) is 7.52. The van der Waals surface area contributed by atoms with E-state index in [4.69, 9.17) is 18.9 Å². The maximum Gasteiger partial charge on any atom is 0.303 e. The molecule has 178 valence electrons. The first kappa shape index (κ1) is 22.3. The molecule has 5 aliphatic rings. The molecule has 8 atom stereocenters. The summed E-state index contributed by atoms with van der Waals surface area (Å²) in [6.45, 7) is 8.59. The van der Waals surface area contributed by atoms with E-state index in [1.54, 1.807) is 0 Å². The molecule has 5 fully saturated rings. The zero-order valence-electron chi connectivity index (χ0n) is 19.7. The standard InChI is InChI=1S/C25H36O7/c1-14(26)31-21-19-13-16(28)5-8-23(19,3)17-6-9-24(4)18(20(17)22(21)32-15(2)27)7-10-25(24)29-11-12-30-25/h17-22H,5-13H2,1-4H3/t17?,18?,19?,20?,21-,22-,23-,24+/m1/s1. The maximum atomic E-state index is 12.5. The number of ether oxygens (including phenoxy) is 4. The van der Waals surface area contributed by atoms with E-state index in [1.807, 2.05) is 0 Å². The Kier molecular flexibility index (Phi) is 5.25. The molecule has 4 aliphatic carbocycles. The van der Waals surface area contributed by atoms with Crippen molar-refractivity contribution in [2.75, 3.05) is 13.2 Å². The highest BCUT2D eigenvalue weighted by Gasteiger charge is 2.71. The zero-order valence-corrected chi connectivity index (χ0v) is 19.7. The highest BCUT2D eigenvalue weighted by atomic mass is 16.7. The molecule has 1 spiro atoms. The predicted molar refractivity (Wildman–Crippen MR) is 113 cm³/mol. The molecule has 0 aromatic rings. The van der Waals surface area contributed by atoms with Crippen molar-refractivity contribution in [1.82, 2.24) is 0 Å². The number of Topliss-reactive ketones (excluding diaryl/α,β-unsaturated/α-hetero) is 1. The average molecular weight is 449 g/mol. The van der Waals surface area contributed by atoms with Gasteiger partial charge >= 0.3 is 11.9 Å². The van der Waals surface area contributed by atoms with Crippen LogP contribution in [0.1, 0.15) is 72.6 Å². The van der Waals surface area contributed by atoms with Crippen LogP contribution in [0.4, 0.5) is 0 Å². The van der Waals surface area contributed by atoms with Gasteiger partial charge in [-0.3, -0.25) is 14.4 Å². The van der Waals surface area contributed by atoms with Gasteiger partial charge in [0.15, 0.2) is 5.79 Å². The molecule has 0 amide bonds. The smallest absolute Gasteiger partial charge is 0.303 e. The lowest BCUT2D eigenvalue weighted by Gasteiger charge is -2.63. The van der Waals surface area contributed by atoms with Crippen molar-refractivity contribution in [2.24, 2.45) is 34.5 Å². The molecule has 0 radical (unpaired) electrons. The number of hydrogen-bond acceptors (Lipinski definition) is 7. The fourth-order valence-electron chi connectivity index (χ4n) is 8.56. The number of fused-ring (bicyclic) bond motifs is 6. The van der Waals surface area contributed by atoms with Gasteiger partial charge in [-0.1, -0.05) is 13.8 Å². The third-order valence-electron chi connectivity index (χ3n) is 9.92. The largest absolute Gasteiger partial charge is 0.458 e. The third kappa shape index (κ3) is 3.03. The Hall–Kier alpha value is -1.47. The van der Waals surface area contributed by atoms with E-state index in [0.29, 0.717) is 32.0 Å². The Bertz CT molecular complexity index is 817. The molecule has 7 heteroatoms. The van der Waals surface area contributed by atoms with E-state index >= 15 is 0 Å². The normalized spacial score (nSPS) is 46.8. The Balaban J connectivity index is 1.60. The molecular formula is C25H36O7. The number of esters is 2. The first-order valence-electron chi connectivity index (χ1n) is 12.3. The molecule has 0 N–H and O–H groups in total. The van der Waals surface area contributed by atoms with Crippen LogP contribution in [-0.2, 0) is 33.3 Å². The van der Waals surface area contributed by atoms with Gasteiger partial charge in [-0.2, -0.15) is 0 Å². The van der Waals surface area contributed by atoms with Crippen LogP contribution in [0.5, 0.6) is 0 Å². The van der Waals surface area contributed by atoms with Gasteiger partial charge < -0.3 is 18.9 Å². The summed E-state index contributed by atoms with van der Waals surface area (Å²) in [5.74, 6) is -0.678. The molecule has 5 rings (SSSR count). The minimum Gasteiger partial charge on any atom is -0.458 e. The number of rotatable bonds is 2. The summed E-state index contributed by atoms with van der Waals surface area (Å²) in [6, 6.07) is 0. The van der Waals surface area contributed by atoms with Crippen LogP contribution in [0.15, 0.2) is 0 Å². The number of hydrogen-bond donors (Lipinski definition) is 0. The fraction of sp³-hybridized carbons (Fsp3) is 0.880. The summed E-state index contributed by atoms with van der Waals surface area (Å²) in [5, 5.41) is 0. The first-order valence-corrected chi connectivity index (χ1v) is 12.3. The highest BCUT2D eigenvalue weighted by Crippen LogP contribution is 2.70. The highest BCUT2D eigenvalue weighted by molar-refractivity contribution is 5.80. The van der Waals surface area contributed by atoms with Crippen molar-refractivity contribution in [3.63, 3.8) is 0 Å². The summed E-state index contributed by atoms with van der Waals surface area (Å²) in [4.78, 5) is 36.9. The van der Waals surface area contributed by atoms with Crippen LogP contribution in [0.2, 0.25) is 0 Å². The van der Waals surface area contributed by atoms with Crippen LogP contribution in [0.25, 0.3) is 0 Å². The van der Waals surface area contributed by atoms with Gasteiger partial charge in [0.25, 0.3) is 0 Å². The van der Waals surface area contributed by atoms with Crippen molar-refractivity contribution < 1.29 is 33.3 Å². The lowest BCUT2D eigenvalue weighted by Crippen LogP contribution is -2.66. The molecule has 4 saturated carbocycles. The summed E-state index contributed by atoms with van der Waals surface area (Å²) in [6.07, 6.45) is 4.32. The second-order valence-electron chi connectivity index (χ2n) is 11.2. The molecule has 1 heterocycles. The SMILES string of the molecule is CC(=O)O[C@@H]1C2C(CC[C@@]3(C)C2CCC32OCCO2)[C@@]2(C)CCC(=O)CC2[C@H]1OC(C)=O. The first-order chi connectivity index (χ1) is 15.1. The van der Waals surface area contributed by atoms with Gasteiger partial charge in [0.2, 0.25) is 0 Å². The Morgan fingerprint density at radius 2 is 1.50 bits per heavy atom. The Morgan fingerprint density at radius 1 is 0.875 bits per heavy atom. The minimum atomic E-state index is -0.601. The summed E-state index contributed by atoms with van der Waals surface area (Å²) >= 11 is 0. The van der Waals surface area contributed by atoms with Gasteiger partial charge in [-0.25, -0.2) is 0 Å². The van der Waals surface area contributed by atoms with E-state index in [-0.39, 0.29) is 40.3 Å². The Morgan fingerprint density at radius 3 is 2.16 bits per heavy atom. The zero-order chi connectivity index (χ0) is 22.9. The minimum absolute atomic E-state index is 0.0450. The quantitative estimate of drug-likeness (QED) is 0.598. The van der Waals surface area contributed by atoms with E-state index in [9.17, 15) is 14.4 Å². The summed E-state index contributed by atoms with van der Waals surface area (Å²) in [5.41, 5.74) is -0.318. The lowest BCUT2D eigenvalue weighted by atomic mass is 9.43. The van der Waals surface area contributed by atoms with Crippen LogP contribution >= 0.6 is 0 Å². The van der Waals surface area contributed by atoms with E-state index < -0.39 is 24.0 Å². The second-order valence-corrected chi connectivity index (χ2v) is 11.2. The van der Waals surface area contributed by atoms with Crippen LogP contribution in [-0.4, -0.2) is 48.9 Å². The Labute approximate surface area is 189 Å². The summed E-state index contributed by atoms with van der Waals surface area (Å²) in [7, 11) is 0. The predicted octanol–water partition coefficient (Wildman–Crippen LogP) is 3.42. The third-order valence-corrected chi connectivity index (χ3v) is 9.92. The number of carbonyl (C=O) groups excluding carboxylic acids is 3. The van der Waals surface area contributed by atoms with Gasteiger partial charge in [0.05, 0.1) is 13.2 Å². The topological polar surface area (TPSA) is 88.1 Å². The van der Waals surface area contributed by atoms with Crippen molar-refractivity contribution in [2.45, 2.75) is 90.6 Å². The molecule has 4 unspecified atom stereocenters. The lowest BCUT2D eigenvalue weighted by molar-refractivity contribution is -0.270.